The van der Waals surface area contributed by atoms with Crippen LogP contribution in [-0.2, 0) is 14.4 Å². The van der Waals surface area contributed by atoms with Crippen LogP contribution in [0.25, 0.3) is 0 Å². The molecular weight excluding hydrogens is 456 g/mol. The van der Waals surface area contributed by atoms with E-state index in [0.29, 0.717) is 43.7 Å². The van der Waals surface area contributed by atoms with Gasteiger partial charge in [0.05, 0.1) is 17.2 Å². The van der Waals surface area contributed by atoms with Crippen molar-refractivity contribution in [3.8, 4) is 0 Å². The number of amides is 4. The largest absolute Gasteiger partial charge is 0.349 e. The van der Waals surface area contributed by atoms with E-state index in [4.69, 9.17) is 0 Å². The van der Waals surface area contributed by atoms with E-state index in [1.165, 1.54) is 6.42 Å². The normalized spacial score (nSPS) is 22.0. The summed E-state index contributed by atoms with van der Waals surface area (Å²) in [5, 5.41) is 6.10. The summed E-state index contributed by atoms with van der Waals surface area (Å²) in [6.07, 6.45) is 6.89. The van der Waals surface area contributed by atoms with Gasteiger partial charge in [-0.1, -0.05) is 31.4 Å². The van der Waals surface area contributed by atoms with Gasteiger partial charge < -0.3 is 20.4 Å². The van der Waals surface area contributed by atoms with E-state index < -0.39 is 0 Å². The van der Waals surface area contributed by atoms with E-state index in [2.05, 4.69) is 10.6 Å². The number of piperidine rings is 1. The number of para-hydroxylation sites is 1. The fourth-order valence-corrected chi connectivity index (χ4v) is 5.68. The zero-order valence-corrected chi connectivity index (χ0v) is 21.8. The fourth-order valence-electron chi connectivity index (χ4n) is 5.68. The lowest BCUT2D eigenvalue weighted by molar-refractivity contribution is -0.138. The second kappa shape index (κ2) is 11.0. The van der Waals surface area contributed by atoms with Gasteiger partial charge >= 0.3 is 0 Å². The number of benzene rings is 1. The third-order valence-electron chi connectivity index (χ3n) is 7.83. The van der Waals surface area contributed by atoms with Gasteiger partial charge in [0.2, 0.25) is 17.7 Å². The van der Waals surface area contributed by atoms with Crippen LogP contribution < -0.4 is 10.6 Å². The maximum absolute atomic E-state index is 13.1. The second-order valence-electron chi connectivity index (χ2n) is 11.5. The minimum atomic E-state index is -0.309. The Balaban J connectivity index is 1.30. The highest BCUT2D eigenvalue weighted by Gasteiger charge is 2.41. The molecule has 2 N–H and O–H groups in total. The number of anilines is 1. The molecule has 0 bridgehead atoms. The molecule has 2 heterocycles. The van der Waals surface area contributed by atoms with Gasteiger partial charge in [0, 0.05) is 43.6 Å². The molecule has 4 rings (SSSR count). The first-order valence-corrected chi connectivity index (χ1v) is 13.4. The molecule has 1 atom stereocenters. The van der Waals surface area contributed by atoms with Crippen LogP contribution in [0.3, 0.4) is 0 Å². The summed E-state index contributed by atoms with van der Waals surface area (Å²) in [6.45, 7) is 7.42. The van der Waals surface area contributed by atoms with Crippen LogP contribution in [0.1, 0.15) is 82.5 Å². The highest BCUT2D eigenvalue weighted by atomic mass is 16.2. The third-order valence-corrected chi connectivity index (χ3v) is 7.83. The number of rotatable bonds is 5. The third kappa shape index (κ3) is 6.08. The van der Waals surface area contributed by atoms with E-state index >= 15 is 0 Å². The first kappa shape index (κ1) is 26.2. The average Bonchev–Trinajstić information content (AvgIpc) is 3.27. The molecular formula is C28H40N4O4. The summed E-state index contributed by atoms with van der Waals surface area (Å²) in [5.41, 5.74) is 0.722. The Morgan fingerprint density at radius 3 is 2.22 bits per heavy atom. The summed E-state index contributed by atoms with van der Waals surface area (Å²) >= 11 is 0. The Kier molecular flexibility index (Phi) is 8.00. The number of hydrogen-bond donors (Lipinski definition) is 2. The Hall–Kier alpha value is -2.90. The molecule has 2 aliphatic heterocycles. The Morgan fingerprint density at radius 1 is 0.917 bits per heavy atom. The maximum Gasteiger partial charge on any atom is 0.253 e. The molecule has 1 aromatic rings. The minimum Gasteiger partial charge on any atom is -0.349 e. The van der Waals surface area contributed by atoms with Crippen LogP contribution in [0.2, 0.25) is 0 Å². The zero-order chi connectivity index (χ0) is 25.9. The maximum atomic E-state index is 13.1. The molecule has 0 radical (unpaired) electrons. The van der Waals surface area contributed by atoms with Crippen LogP contribution in [0.15, 0.2) is 24.3 Å². The van der Waals surface area contributed by atoms with Gasteiger partial charge in [0.25, 0.3) is 5.91 Å². The SMILES string of the molecule is CC(C)(C)N1CC(C(=O)N2CCC(C(=O)Nc3ccccc3C(=O)NC3CCCCC3)CC2)CC1=O. The van der Waals surface area contributed by atoms with Crippen molar-refractivity contribution in [2.75, 3.05) is 25.0 Å². The van der Waals surface area contributed by atoms with Gasteiger partial charge in [-0.2, -0.15) is 0 Å². The number of hydrogen-bond acceptors (Lipinski definition) is 4. The standard InChI is InChI=1S/C28H40N4O4/c1-28(2,3)32-18-20(17-24(32)33)27(36)31-15-13-19(14-16-31)25(34)30-23-12-8-7-11-22(23)26(35)29-21-9-5-4-6-10-21/h7-8,11-12,19-21H,4-6,9-10,13-18H2,1-3H3,(H,29,35)(H,30,34). The van der Waals surface area contributed by atoms with Crippen molar-refractivity contribution in [2.45, 2.75) is 83.7 Å². The molecule has 8 heteroatoms. The van der Waals surface area contributed by atoms with Gasteiger partial charge in [-0.05, 0) is 58.6 Å². The summed E-state index contributed by atoms with van der Waals surface area (Å²) in [7, 11) is 0. The lowest BCUT2D eigenvalue weighted by Gasteiger charge is -2.34. The average molecular weight is 497 g/mol. The van der Waals surface area contributed by atoms with E-state index in [1.54, 1.807) is 21.9 Å². The topological polar surface area (TPSA) is 98.8 Å². The molecule has 1 aliphatic carbocycles. The van der Waals surface area contributed by atoms with Gasteiger partial charge in [0.1, 0.15) is 0 Å². The van der Waals surface area contributed by atoms with Gasteiger partial charge in [-0.3, -0.25) is 19.2 Å². The number of nitrogens with zero attached hydrogens (tertiary/aromatic N) is 2. The molecule has 36 heavy (non-hydrogen) atoms. The molecule has 4 amide bonds. The van der Waals surface area contributed by atoms with E-state index in [0.717, 1.165) is 25.7 Å². The Morgan fingerprint density at radius 2 is 1.58 bits per heavy atom. The van der Waals surface area contributed by atoms with E-state index in [-0.39, 0.29) is 53.5 Å². The number of carbonyl (C=O) groups excluding carboxylic acids is 4. The number of carbonyl (C=O) groups is 4. The van der Waals surface area contributed by atoms with Crippen molar-refractivity contribution in [1.29, 1.82) is 0 Å². The first-order chi connectivity index (χ1) is 17.1. The van der Waals surface area contributed by atoms with Crippen molar-refractivity contribution < 1.29 is 19.2 Å². The second-order valence-corrected chi connectivity index (χ2v) is 11.5. The molecule has 1 aromatic carbocycles. The summed E-state index contributed by atoms with van der Waals surface area (Å²) in [4.78, 5) is 55.0. The first-order valence-electron chi connectivity index (χ1n) is 13.4. The van der Waals surface area contributed by atoms with Crippen LogP contribution in [-0.4, -0.2) is 64.6 Å². The van der Waals surface area contributed by atoms with E-state index in [9.17, 15) is 19.2 Å². The molecule has 1 saturated carbocycles. The lowest BCUT2D eigenvalue weighted by atomic mass is 9.94. The monoisotopic (exact) mass is 496 g/mol. The van der Waals surface area contributed by atoms with Crippen molar-refractivity contribution in [3.63, 3.8) is 0 Å². The number of nitrogens with one attached hydrogen (secondary N) is 2. The minimum absolute atomic E-state index is 0.0127. The van der Waals surface area contributed by atoms with Gasteiger partial charge in [-0.25, -0.2) is 0 Å². The quantitative estimate of drug-likeness (QED) is 0.651. The summed E-state index contributed by atoms with van der Waals surface area (Å²) < 4.78 is 0. The molecule has 0 aromatic heterocycles. The molecule has 3 fully saturated rings. The van der Waals surface area contributed by atoms with Crippen molar-refractivity contribution in [3.05, 3.63) is 29.8 Å². The molecule has 8 nitrogen and oxygen atoms in total. The van der Waals surface area contributed by atoms with Gasteiger partial charge in [-0.15, -0.1) is 0 Å². The summed E-state index contributed by atoms with van der Waals surface area (Å²) in [5.74, 6) is -0.750. The lowest BCUT2D eigenvalue weighted by Crippen LogP contribution is -2.46. The highest BCUT2D eigenvalue weighted by molar-refractivity contribution is 6.04. The van der Waals surface area contributed by atoms with Crippen LogP contribution in [0.5, 0.6) is 0 Å². The van der Waals surface area contributed by atoms with Crippen molar-refractivity contribution >= 4 is 29.3 Å². The predicted molar refractivity (Wildman–Crippen MR) is 138 cm³/mol. The fraction of sp³-hybridized carbons (Fsp3) is 0.643. The van der Waals surface area contributed by atoms with Crippen LogP contribution in [0.4, 0.5) is 5.69 Å². The molecule has 3 aliphatic rings. The van der Waals surface area contributed by atoms with Crippen LogP contribution >= 0.6 is 0 Å². The molecule has 1 unspecified atom stereocenters. The molecule has 0 spiro atoms. The number of likely N-dealkylation sites (tertiary alicyclic amines) is 2. The smallest absolute Gasteiger partial charge is 0.253 e. The Labute approximate surface area is 214 Å². The van der Waals surface area contributed by atoms with Crippen molar-refractivity contribution in [1.82, 2.24) is 15.1 Å². The highest BCUT2D eigenvalue weighted by Crippen LogP contribution is 2.29. The molecule has 196 valence electrons. The zero-order valence-electron chi connectivity index (χ0n) is 21.8. The van der Waals surface area contributed by atoms with E-state index in [1.807, 2.05) is 32.9 Å². The van der Waals surface area contributed by atoms with Crippen molar-refractivity contribution in [2.24, 2.45) is 11.8 Å². The Bertz CT molecular complexity index is 988. The van der Waals surface area contributed by atoms with Gasteiger partial charge in [0.15, 0.2) is 0 Å². The summed E-state index contributed by atoms with van der Waals surface area (Å²) in [6, 6.07) is 7.34. The molecule has 2 saturated heterocycles. The van der Waals surface area contributed by atoms with Crippen LogP contribution in [0, 0.1) is 11.8 Å². The predicted octanol–water partition coefficient (Wildman–Crippen LogP) is 3.57.